The van der Waals surface area contributed by atoms with Crippen LogP contribution >= 0.6 is 23.1 Å². The first-order valence-corrected chi connectivity index (χ1v) is 10.5. The van der Waals surface area contributed by atoms with Gasteiger partial charge in [-0.15, -0.1) is 21.5 Å². The Morgan fingerprint density at radius 1 is 1.31 bits per heavy atom. The number of rotatable bonds is 7. The van der Waals surface area contributed by atoms with Gasteiger partial charge < -0.3 is 10.2 Å². The first-order valence-electron chi connectivity index (χ1n) is 8.73. The summed E-state index contributed by atoms with van der Waals surface area (Å²) in [5.41, 5.74) is 5.06. The van der Waals surface area contributed by atoms with Gasteiger partial charge in [-0.25, -0.2) is 9.78 Å². The normalized spacial score (nSPS) is 11.3. The van der Waals surface area contributed by atoms with Gasteiger partial charge in [0, 0.05) is 6.54 Å². The number of hydrogen-bond donors (Lipinski definition) is 2. The molecule has 0 aliphatic carbocycles. The first-order chi connectivity index (χ1) is 13.7. The topological polar surface area (TPSA) is 150 Å². The van der Waals surface area contributed by atoms with E-state index in [4.69, 9.17) is 10.2 Å². The van der Waals surface area contributed by atoms with Crippen LogP contribution in [0.5, 0.6) is 0 Å². The summed E-state index contributed by atoms with van der Waals surface area (Å²) in [4.78, 5) is 44.0. The van der Waals surface area contributed by atoms with E-state index in [-0.39, 0.29) is 34.8 Å². The Balaban J connectivity index is 1.79. The maximum Gasteiger partial charge on any atom is 0.329 e. The minimum atomic E-state index is -0.805. The molecule has 0 aromatic carbocycles. The Kier molecular flexibility index (Phi) is 6.03. The largest absolute Gasteiger partial charge is 0.410 e. The van der Waals surface area contributed by atoms with Crippen LogP contribution in [-0.2, 0) is 6.54 Å². The van der Waals surface area contributed by atoms with Crippen molar-refractivity contribution in [2.75, 3.05) is 11.5 Å². The molecule has 3 aromatic rings. The molecule has 10 nitrogen and oxygen atoms in total. The number of carbonyl (C=O) groups excluding carboxylic acids is 1. The number of nitrogens with two attached hydrogens (primary N) is 1. The smallest absolute Gasteiger partial charge is 0.329 e. The van der Waals surface area contributed by atoms with E-state index in [1.807, 2.05) is 27.7 Å². The molecule has 3 N–H and O–H groups in total. The van der Waals surface area contributed by atoms with Crippen molar-refractivity contribution >= 4 is 34.7 Å². The zero-order valence-corrected chi connectivity index (χ0v) is 17.9. The van der Waals surface area contributed by atoms with Crippen LogP contribution < -0.4 is 17.0 Å². The highest BCUT2D eigenvalue weighted by molar-refractivity contribution is 7.99. The van der Waals surface area contributed by atoms with Crippen LogP contribution in [0.2, 0.25) is 0 Å². The molecule has 0 saturated carbocycles. The van der Waals surface area contributed by atoms with Crippen molar-refractivity contribution in [1.29, 1.82) is 0 Å². The van der Waals surface area contributed by atoms with Crippen molar-refractivity contribution in [3.63, 3.8) is 0 Å². The lowest BCUT2D eigenvalue weighted by Gasteiger charge is -2.13. The van der Waals surface area contributed by atoms with Gasteiger partial charge in [0.25, 0.3) is 16.7 Å². The number of nitrogens with zero attached hydrogens (tertiary/aromatic N) is 4. The molecule has 0 fully saturated rings. The number of thiazole rings is 1. The van der Waals surface area contributed by atoms with Crippen LogP contribution in [0.1, 0.15) is 34.9 Å². The number of Topliss-reactive ketones (excluding diaryl/α,β-unsaturated/α-hetero) is 1. The van der Waals surface area contributed by atoms with E-state index in [9.17, 15) is 14.4 Å². The van der Waals surface area contributed by atoms with E-state index in [1.54, 1.807) is 0 Å². The van der Waals surface area contributed by atoms with Crippen LogP contribution in [0.15, 0.2) is 19.2 Å². The van der Waals surface area contributed by atoms with Gasteiger partial charge in [-0.05, 0) is 19.8 Å². The molecule has 0 amide bonds. The Hall–Kier alpha value is -2.73. The Morgan fingerprint density at radius 2 is 2.03 bits per heavy atom. The fraction of sp³-hybridized carbons (Fsp3) is 0.412. The zero-order chi connectivity index (χ0) is 21.3. The summed E-state index contributed by atoms with van der Waals surface area (Å²) in [5, 5.41) is 8.98. The van der Waals surface area contributed by atoms with Crippen molar-refractivity contribution in [3.05, 3.63) is 37.1 Å². The molecular weight excluding hydrogens is 416 g/mol. The zero-order valence-electron chi connectivity index (χ0n) is 16.3. The fourth-order valence-electron chi connectivity index (χ4n) is 2.69. The standard InChI is InChI=1S/C17H20N6O4S2/c1-7(2)5-23-13(18)11(14(25)20-16(23)26)10(24)6-28-17-22-21-15(27-17)12-8(3)19-9(4)29-12/h7H,5-6,18H2,1-4H3,(H,20,25,26). The lowest BCUT2D eigenvalue weighted by atomic mass is 10.2. The molecule has 0 unspecified atom stereocenters. The molecule has 29 heavy (non-hydrogen) atoms. The SMILES string of the molecule is Cc1nc(C)c(-c2nnc(SCC(=O)c3c(N)n(CC(C)C)c(=O)[nH]c3=O)o2)s1. The van der Waals surface area contributed by atoms with E-state index in [2.05, 4.69) is 20.2 Å². The average molecular weight is 437 g/mol. The van der Waals surface area contributed by atoms with Crippen LogP contribution in [0.3, 0.4) is 0 Å². The summed E-state index contributed by atoms with van der Waals surface area (Å²) < 4.78 is 6.79. The van der Waals surface area contributed by atoms with Gasteiger partial charge in [0.15, 0.2) is 5.78 Å². The lowest BCUT2D eigenvalue weighted by Crippen LogP contribution is -2.37. The first kappa shape index (κ1) is 21.0. The minimum Gasteiger partial charge on any atom is -0.410 e. The second-order valence-electron chi connectivity index (χ2n) is 6.76. The Morgan fingerprint density at radius 3 is 2.66 bits per heavy atom. The predicted octanol–water partition coefficient (Wildman–Crippen LogP) is 1.87. The number of aryl methyl sites for hydroxylation is 2. The molecule has 3 heterocycles. The van der Waals surface area contributed by atoms with Gasteiger partial charge in [0.2, 0.25) is 0 Å². The molecule has 0 radical (unpaired) electrons. The van der Waals surface area contributed by atoms with E-state index in [0.29, 0.717) is 5.89 Å². The van der Waals surface area contributed by atoms with Gasteiger partial charge in [-0.2, -0.15) is 0 Å². The fourth-order valence-corrected chi connectivity index (χ4v) is 4.17. The number of nitrogens with one attached hydrogen (secondary N) is 1. The van der Waals surface area contributed by atoms with E-state index >= 15 is 0 Å². The van der Waals surface area contributed by atoms with Gasteiger partial charge in [-0.1, -0.05) is 25.6 Å². The van der Waals surface area contributed by atoms with E-state index in [0.717, 1.165) is 27.3 Å². The molecule has 0 saturated heterocycles. The number of ketones is 1. The molecule has 12 heteroatoms. The molecule has 3 aromatic heterocycles. The Bertz CT molecular complexity index is 1170. The van der Waals surface area contributed by atoms with E-state index in [1.165, 1.54) is 15.9 Å². The minimum absolute atomic E-state index is 0.105. The van der Waals surface area contributed by atoms with E-state index < -0.39 is 17.0 Å². The highest BCUT2D eigenvalue weighted by Gasteiger charge is 2.21. The summed E-state index contributed by atoms with van der Waals surface area (Å²) >= 11 is 2.43. The third-order valence-electron chi connectivity index (χ3n) is 3.90. The average Bonchev–Trinajstić information content (AvgIpc) is 3.22. The van der Waals surface area contributed by atoms with Gasteiger partial charge in [0.1, 0.15) is 16.3 Å². The number of thioether (sulfide) groups is 1. The van der Waals surface area contributed by atoms with Crippen molar-refractivity contribution in [2.45, 2.75) is 39.5 Å². The number of anilines is 1. The van der Waals surface area contributed by atoms with Gasteiger partial charge >= 0.3 is 5.69 Å². The molecule has 0 bridgehead atoms. The van der Waals surface area contributed by atoms with Crippen molar-refractivity contribution in [2.24, 2.45) is 5.92 Å². The molecule has 154 valence electrons. The van der Waals surface area contributed by atoms with Crippen LogP contribution in [0.4, 0.5) is 5.82 Å². The summed E-state index contributed by atoms with van der Waals surface area (Å²) in [7, 11) is 0. The third kappa shape index (κ3) is 4.48. The number of nitrogen functional groups attached to an aromatic ring is 1. The highest BCUT2D eigenvalue weighted by Crippen LogP contribution is 2.30. The molecular formula is C17H20N6O4S2. The monoisotopic (exact) mass is 436 g/mol. The van der Waals surface area contributed by atoms with Crippen molar-refractivity contribution < 1.29 is 9.21 Å². The summed E-state index contributed by atoms with van der Waals surface area (Å²) in [6, 6.07) is 0. The van der Waals surface area contributed by atoms with Crippen LogP contribution in [0, 0.1) is 19.8 Å². The maximum absolute atomic E-state index is 12.6. The number of aromatic nitrogens is 5. The molecule has 0 atom stereocenters. The summed E-state index contributed by atoms with van der Waals surface area (Å²) in [6.07, 6.45) is 0. The molecule has 0 aliphatic heterocycles. The molecule has 0 aliphatic rings. The molecule has 3 rings (SSSR count). The second-order valence-corrected chi connectivity index (χ2v) is 8.89. The second kappa shape index (κ2) is 8.33. The number of aromatic amines is 1. The number of hydrogen-bond acceptors (Lipinski definition) is 10. The maximum atomic E-state index is 12.6. The highest BCUT2D eigenvalue weighted by atomic mass is 32.2. The quantitative estimate of drug-likeness (QED) is 0.418. The third-order valence-corrected chi connectivity index (χ3v) is 5.78. The molecule has 0 spiro atoms. The van der Waals surface area contributed by atoms with Crippen LogP contribution in [0.25, 0.3) is 10.8 Å². The van der Waals surface area contributed by atoms with Crippen molar-refractivity contribution in [1.82, 2.24) is 24.7 Å². The lowest BCUT2D eigenvalue weighted by molar-refractivity contribution is 0.102. The van der Waals surface area contributed by atoms with Gasteiger partial charge in [0.05, 0.1) is 16.5 Å². The number of H-pyrrole nitrogens is 1. The number of carbonyl (C=O) groups is 1. The summed E-state index contributed by atoms with van der Waals surface area (Å²) in [6.45, 7) is 7.81. The van der Waals surface area contributed by atoms with Crippen molar-refractivity contribution in [3.8, 4) is 10.8 Å². The van der Waals surface area contributed by atoms with Gasteiger partial charge in [-0.3, -0.25) is 19.1 Å². The van der Waals surface area contributed by atoms with Crippen LogP contribution in [-0.4, -0.2) is 36.3 Å². The Labute approximate surface area is 173 Å². The summed E-state index contributed by atoms with van der Waals surface area (Å²) in [5.74, 6) is -0.384. The predicted molar refractivity (Wildman–Crippen MR) is 111 cm³/mol.